The van der Waals surface area contributed by atoms with E-state index in [0.29, 0.717) is 11.3 Å². The van der Waals surface area contributed by atoms with Crippen molar-refractivity contribution in [2.45, 2.75) is 51.7 Å². The molecule has 1 aromatic heterocycles. The number of aryl methyl sites for hydroxylation is 1. The lowest BCUT2D eigenvalue weighted by molar-refractivity contribution is 0.0316. The maximum Gasteiger partial charge on any atom is 0.339 e. The highest BCUT2D eigenvalue weighted by Gasteiger charge is 2.29. The van der Waals surface area contributed by atoms with E-state index in [-0.39, 0.29) is 33.5 Å². The fourth-order valence-corrected chi connectivity index (χ4v) is 4.72. The Kier molecular flexibility index (Phi) is 8.04. The molecule has 0 aliphatic carbocycles. The maximum absolute atomic E-state index is 12.9. The van der Waals surface area contributed by atoms with Gasteiger partial charge in [-0.2, -0.15) is 0 Å². The lowest BCUT2D eigenvalue weighted by atomic mass is 10.1. The van der Waals surface area contributed by atoms with E-state index in [1.165, 1.54) is 33.3 Å². The number of H-pyrrole nitrogens is 1. The number of ether oxygens (including phenoxy) is 3. The van der Waals surface area contributed by atoms with Crippen LogP contribution in [0.25, 0.3) is 0 Å². The molecule has 33 heavy (non-hydrogen) atoms. The number of aromatic amines is 1. The van der Waals surface area contributed by atoms with Crippen molar-refractivity contribution < 1.29 is 37.0 Å². The van der Waals surface area contributed by atoms with E-state index >= 15 is 0 Å². The van der Waals surface area contributed by atoms with Gasteiger partial charge < -0.3 is 19.2 Å². The molecule has 0 spiro atoms. The molecule has 10 nitrogen and oxygen atoms in total. The van der Waals surface area contributed by atoms with Crippen molar-refractivity contribution in [3.8, 4) is 5.75 Å². The van der Waals surface area contributed by atoms with Gasteiger partial charge in [0, 0.05) is 11.7 Å². The highest BCUT2D eigenvalue weighted by atomic mass is 32.2. The summed E-state index contributed by atoms with van der Waals surface area (Å²) in [4.78, 5) is 40.1. The number of Topliss-reactive ketones (excluding diaryl/α,β-unsaturated/α-hetero) is 1. The van der Waals surface area contributed by atoms with Gasteiger partial charge in [0.25, 0.3) is 0 Å². The molecule has 1 aromatic carbocycles. The van der Waals surface area contributed by atoms with E-state index in [1.54, 1.807) is 27.7 Å². The molecule has 11 heteroatoms. The molecule has 0 radical (unpaired) electrons. The first-order valence-corrected chi connectivity index (χ1v) is 11.5. The number of carbonyl (C=O) groups excluding carboxylic acids is 3. The number of methoxy groups -OCH3 is 2. The van der Waals surface area contributed by atoms with Crippen LogP contribution in [0.15, 0.2) is 23.1 Å². The molecule has 2 aromatic rings. The molecule has 0 aliphatic heterocycles. The third-order valence-electron chi connectivity index (χ3n) is 4.81. The lowest BCUT2D eigenvalue weighted by Gasteiger charge is -2.15. The van der Waals surface area contributed by atoms with Crippen molar-refractivity contribution in [1.82, 2.24) is 9.71 Å². The third-order valence-corrected chi connectivity index (χ3v) is 6.49. The number of carbonyl (C=O) groups is 3. The number of rotatable bonds is 9. The summed E-state index contributed by atoms with van der Waals surface area (Å²) in [5, 5.41) is 0. The average molecular weight is 481 g/mol. The molecule has 2 N–H and O–H groups in total. The van der Waals surface area contributed by atoms with Crippen LogP contribution in [0.3, 0.4) is 0 Å². The van der Waals surface area contributed by atoms with E-state index in [9.17, 15) is 22.8 Å². The minimum atomic E-state index is -3.96. The van der Waals surface area contributed by atoms with Crippen LogP contribution in [0.2, 0.25) is 0 Å². The number of ketones is 1. The van der Waals surface area contributed by atoms with Crippen LogP contribution in [-0.4, -0.2) is 57.5 Å². The summed E-state index contributed by atoms with van der Waals surface area (Å²) in [6.45, 7) is 7.91. The Morgan fingerprint density at radius 1 is 1.03 bits per heavy atom. The van der Waals surface area contributed by atoms with Crippen LogP contribution in [-0.2, 0) is 19.5 Å². The van der Waals surface area contributed by atoms with Gasteiger partial charge >= 0.3 is 11.9 Å². The average Bonchev–Trinajstić information content (AvgIpc) is 3.04. The maximum atomic E-state index is 12.9. The van der Waals surface area contributed by atoms with Gasteiger partial charge in [-0.1, -0.05) is 0 Å². The van der Waals surface area contributed by atoms with Gasteiger partial charge in [-0.15, -0.1) is 0 Å². The third kappa shape index (κ3) is 5.60. The number of benzene rings is 1. The first-order chi connectivity index (χ1) is 15.3. The number of esters is 2. The van der Waals surface area contributed by atoms with Gasteiger partial charge in [0.05, 0.1) is 31.0 Å². The molecule has 0 fully saturated rings. The van der Waals surface area contributed by atoms with Crippen molar-refractivity contribution in [3.63, 3.8) is 0 Å². The van der Waals surface area contributed by atoms with Crippen molar-refractivity contribution in [1.29, 1.82) is 0 Å². The van der Waals surface area contributed by atoms with E-state index in [0.717, 1.165) is 6.07 Å². The second kappa shape index (κ2) is 10.2. The topological polar surface area (TPSA) is 141 Å². The van der Waals surface area contributed by atoms with Crippen molar-refractivity contribution in [2.75, 3.05) is 14.2 Å². The Bertz CT molecular complexity index is 1180. The molecule has 2 rings (SSSR count). The Balaban J connectivity index is 2.31. The number of hydrogen-bond acceptors (Lipinski definition) is 8. The predicted octanol–water partition coefficient (Wildman–Crippen LogP) is 2.54. The summed E-state index contributed by atoms with van der Waals surface area (Å²) in [7, 11) is -1.42. The molecule has 0 bridgehead atoms. The van der Waals surface area contributed by atoms with Crippen LogP contribution >= 0.6 is 0 Å². The molecule has 0 amide bonds. The molecule has 0 saturated heterocycles. The molecule has 1 unspecified atom stereocenters. The Labute approximate surface area is 192 Å². The van der Waals surface area contributed by atoms with Gasteiger partial charge in [0.2, 0.25) is 15.8 Å². The zero-order chi connectivity index (χ0) is 25.1. The summed E-state index contributed by atoms with van der Waals surface area (Å²) < 4.78 is 42.8. The SMILES string of the molecule is COC(=O)c1c(C)[nH]c(C(=O)C(C)OC(=O)c2ccc(OC)c(S(=O)(=O)NC(C)C)c2)c1C. The van der Waals surface area contributed by atoms with Gasteiger partial charge in [-0.25, -0.2) is 22.7 Å². The molecular formula is C22H28N2O8S. The van der Waals surface area contributed by atoms with Gasteiger partial charge in [0.1, 0.15) is 10.6 Å². The van der Waals surface area contributed by atoms with E-state index in [4.69, 9.17) is 14.2 Å². The highest BCUT2D eigenvalue weighted by molar-refractivity contribution is 7.89. The molecule has 1 atom stereocenters. The summed E-state index contributed by atoms with van der Waals surface area (Å²) in [5.74, 6) is -1.99. The van der Waals surface area contributed by atoms with Crippen LogP contribution in [0.5, 0.6) is 5.75 Å². The van der Waals surface area contributed by atoms with Crippen LogP contribution in [0.1, 0.15) is 63.2 Å². The van der Waals surface area contributed by atoms with Gasteiger partial charge in [0.15, 0.2) is 6.10 Å². The fraction of sp³-hybridized carbons (Fsp3) is 0.409. The second-order valence-corrected chi connectivity index (χ2v) is 9.35. The Hall–Kier alpha value is -3.18. The number of aromatic nitrogens is 1. The van der Waals surface area contributed by atoms with Gasteiger partial charge in [-0.05, 0) is 58.4 Å². The normalized spacial score (nSPS) is 12.4. The van der Waals surface area contributed by atoms with Gasteiger partial charge in [-0.3, -0.25) is 4.79 Å². The number of nitrogens with one attached hydrogen (secondary N) is 2. The smallest absolute Gasteiger partial charge is 0.339 e. The number of sulfonamides is 1. The Morgan fingerprint density at radius 2 is 1.67 bits per heavy atom. The summed E-state index contributed by atoms with van der Waals surface area (Å²) in [6.07, 6.45) is -1.21. The first kappa shape index (κ1) is 26.1. The summed E-state index contributed by atoms with van der Waals surface area (Å²) in [5.41, 5.74) is 1.11. The van der Waals surface area contributed by atoms with Crippen LogP contribution < -0.4 is 9.46 Å². The summed E-state index contributed by atoms with van der Waals surface area (Å²) in [6, 6.07) is 3.42. The lowest BCUT2D eigenvalue weighted by Crippen LogP contribution is -2.31. The van der Waals surface area contributed by atoms with E-state index in [1.807, 2.05) is 0 Å². The van der Waals surface area contributed by atoms with Crippen molar-refractivity contribution in [3.05, 3.63) is 46.3 Å². The van der Waals surface area contributed by atoms with Crippen molar-refractivity contribution in [2.24, 2.45) is 0 Å². The predicted molar refractivity (Wildman–Crippen MR) is 119 cm³/mol. The second-order valence-electron chi connectivity index (χ2n) is 7.67. The monoisotopic (exact) mass is 480 g/mol. The largest absolute Gasteiger partial charge is 0.495 e. The van der Waals surface area contributed by atoms with Crippen molar-refractivity contribution >= 4 is 27.7 Å². The first-order valence-electron chi connectivity index (χ1n) is 10.1. The van der Waals surface area contributed by atoms with Crippen LogP contribution in [0.4, 0.5) is 0 Å². The number of hydrogen-bond donors (Lipinski definition) is 2. The quantitative estimate of drug-likeness (QED) is 0.412. The molecule has 0 aliphatic rings. The fourth-order valence-electron chi connectivity index (χ4n) is 3.28. The highest BCUT2D eigenvalue weighted by Crippen LogP contribution is 2.26. The summed E-state index contributed by atoms with van der Waals surface area (Å²) >= 11 is 0. The molecular weight excluding hydrogens is 452 g/mol. The minimum Gasteiger partial charge on any atom is -0.495 e. The standard InChI is InChI=1S/C22H28N2O8S/c1-11(2)24-33(28,29)17-10-15(8-9-16(17)30-6)21(26)32-14(5)20(25)19-12(3)18(13(4)23-19)22(27)31-7/h8-11,14,23-24H,1-7H3. The van der Waals surface area contributed by atoms with E-state index in [2.05, 4.69) is 9.71 Å². The zero-order valence-electron chi connectivity index (χ0n) is 19.6. The zero-order valence-corrected chi connectivity index (χ0v) is 20.4. The Morgan fingerprint density at radius 3 is 2.21 bits per heavy atom. The molecule has 1 heterocycles. The van der Waals surface area contributed by atoms with Crippen LogP contribution in [0, 0.1) is 13.8 Å². The minimum absolute atomic E-state index is 0.0525. The molecule has 0 saturated carbocycles. The van der Waals surface area contributed by atoms with E-state index < -0.39 is 33.8 Å². The molecule has 180 valence electrons.